The van der Waals surface area contributed by atoms with Gasteiger partial charge in [-0.05, 0) is 56.1 Å². The first-order chi connectivity index (χ1) is 11.2. The fraction of sp³-hybridized carbons (Fsp3) is 0.471. The predicted molar refractivity (Wildman–Crippen MR) is 91.1 cm³/mol. The van der Waals surface area contributed by atoms with Crippen LogP contribution in [0.15, 0.2) is 35.4 Å². The zero-order chi connectivity index (χ0) is 16.2. The zero-order valence-corrected chi connectivity index (χ0v) is 13.7. The lowest BCUT2D eigenvalue weighted by molar-refractivity contribution is 0.222. The van der Waals surface area contributed by atoms with Gasteiger partial charge >= 0.3 is 0 Å². The monoisotopic (exact) mass is 313 g/mol. The smallest absolute Gasteiger partial charge is 0.290 e. The minimum Gasteiger partial charge on any atom is -0.336 e. The summed E-state index contributed by atoms with van der Waals surface area (Å²) < 4.78 is 1.30. The van der Waals surface area contributed by atoms with Gasteiger partial charge in [0.25, 0.3) is 5.56 Å². The van der Waals surface area contributed by atoms with Crippen LogP contribution in [0.2, 0.25) is 0 Å². The van der Waals surface area contributed by atoms with E-state index in [0.717, 1.165) is 19.6 Å². The van der Waals surface area contributed by atoms with Gasteiger partial charge in [-0.3, -0.25) is 4.79 Å². The number of nitrogens with zero attached hydrogens (tertiary/aromatic N) is 4. The highest BCUT2D eigenvalue weighted by atomic mass is 16.1. The zero-order valence-electron chi connectivity index (χ0n) is 13.7. The van der Waals surface area contributed by atoms with E-state index in [1.54, 1.807) is 19.3 Å². The van der Waals surface area contributed by atoms with Gasteiger partial charge in [0.15, 0.2) is 0 Å². The molecule has 3 heterocycles. The molecule has 0 bridgehead atoms. The second-order valence-electron chi connectivity index (χ2n) is 5.98. The molecule has 0 aromatic carbocycles. The van der Waals surface area contributed by atoms with Gasteiger partial charge in [0, 0.05) is 19.4 Å². The number of hydrogen-bond acceptors (Lipinski definition) is 5. The molecule has 1 aliphatic heterocycles. The van der Waals surface area contributed by atoms with Crippen molar-refractivity contribution in [1.82, 2.24) is 19.7 Å². The van der Waals surface area contributed by atoms with Gasteiger partial charge in [-0.15, -0.1) is 0 Å². The van der Waals surface area contributed by atoms with Gasteiger partial charge in [0.05, 0.1) is 0 Å². The molecular weight excluding hydrogens is 290 g/mol. The molecule has 1 N–H and O–H groups in total. The van der Waals surface area contributed by atoms with Crippen LogP contribution >= 0.6 is 0 Å². The van der Waals surface area contributed by atoms with Crippen LogP contribution in [0, 0.1) is 0 Å². The molecule has 0 aliphatic carbocycles. The number of aromatic nitrogens is 3. The summed E-state index contributed by atoms with van der Waals surface area (Å²) >= 11 is 0. The lowest BCUT2D eigenvalue weighted by atomic mass is 9.90. The summed E-state index contributed by atoms with van der Waals surface area (Å²) in [5, 5.41) is 6.98. The number of piperidine rings is 1. The van der Waals surface area contributed by atoms with Crippen LogP contribution < -0.4 is 10.9 Å². The first-order valence-corrected chi connectivity index (χ1v) is 8.15. The molecule has 2 aromatic rings. The summed E-state index contributed by atoms with van der Waals surface area (Å²) in [7, 11) is 1.63. The van der Waals surface area contributed by atoms with Gasteiger partial charge in [0.1, 0.15) is 11.5 Å². The maximum atomic E-state index is 12.0. The van der Waals surface area contributed by atoms with E-state index in [4.69, 9.17) is 0 Å². The Morgan fingerprint density at radius 2 is 2.04 bits per heavy atom. The van der Waals surface area contributed by atoms with E-state index >= 15 is 0 Å². The Kier molecular flexibility index (Phi) is 4.71. The second-order valence-corrected chi connectivity index (χ2v) is 5.98. The van der Waals surface area contributed by atoms with E-state index in [-0.39, 0.29) is 5.56 Å². The quantitative estimate of drug-likeness (QED) is 0.937. The van der Waals surface area contributed by atoms with Crippen LogP contribution in [0.25, 0.3) is 0 Å². The van der Waals surface area contributed by atoms with E-state index in [1.807, 2.05) is 12.3 Å². The molecule has 0 atom stereocenters. The van der Waals surface area contributed by atoms with Crippen molar-refractivity contribution in [2.24, 2.45) is 7.05 Å². The standard InChI is InChI=1S/C17H23N5O/c1-3-22-10-7-13(8-11-22)14-4-5-16(18-12-14)20-15-6-9-19-21(2)17(15)23/h4-6,9,12-13H,3,7-8,10-11H2,1-2H3,(H,18,20). The van der Waals surface area contributed by atoms with Crippen LogP contribution in [0.4, 0.5) is 11.5 Å². The van der Waals surface area contributed by atoms with Crippen molar-refractivity contribution in [2.75, 3.05) is 25.0 Å². The topological polar surface area (TPSA) is 63.1 Å². The molecular formula is C17H23N5O. The molecule has 0 spiro atoms. The Bertz CT molecular complexity index is 702. The molecule has 0 amide bonds. The second kappa shape index (κ2) is 6.91. The highest BCUT2D eigenvalue weighted by molar-refractivity contribution is 5.54. The highest BCUT2D eigenvalue weighted by Gasteiger charge is 2.19. The number of aryl methyl sites for hydroxylation is 1. The van der Waals surface area contributed by atoms with E-state index < -0.39 is 0 Å². The SMILES string of the molecule is CCN1CCC(c2ccc(Nc3ccnn(C)c3=O)nc2)CC1. The molecule has 3 rings (SSSR count). The van der Waals surface area contributed by atoms with Crippen molar-refractivity contribution in [1.29, 1.82) is 0 Å². The third kappa shape index (κ3) is 3.59. The summed E-state index contributed by atoms with van der Waals surface area (Å²) in [4.78, 5) is 18.9. The van der Waals surface area contributed by atoms with Crippen molar-refractivity contribution >= 4 is 11.5 Å². The van der Waals surface area contributed by atoms with Crippen LogP contribution in [0.1, 0.15) is 31.2 Å². The third-order valence-electron chi connectivity index (χ3n) is 4.56. The third-order valence-corrected chi connectivity index (χ3v) is 4.56. The molecule has 2 aromatic heterocycles. The summed E-state index contributed by atoms with van der Waals surface area (Å²) in [6.07, 6.45) is 5.90. The molecule has 0 radical (unpaired) electrons. The Balaban J connectivity index is 1.68. The first kappa shape index (κ1) is 15.7. The van der Waals surface area contributed by atoms with Crippen molar-refractivity contribution in [3.8, 4) is 0 Å². The molecule has 6 nitrogen and oxygen atoms in total. The van der Waals surface area contributed by atoms with Gasteiger partial charge < -0.3 is 10.2 Å². The normalized spacial score (nSPS) is 16.4. The lowest BCUT2D eigenvalue weighted by Gasteiger charge is -2.31. The Hall–Kier alpha value is -2.21. The van der Waals surface area contributed by atoms with Gasteiger partial charge in [-0.25, -0.2) is 9.67 Å². The molecule has 6 heteroatoms. The summed E-state index contributed by atoms with van der Waals surface area (Å²) in [6, 6.07) is 5.73. The van der Waals surface area contributed by atoms with E-state index in [0.29, 0.717) is 17.4 Å². The number of anilines is 2. The summed E-state index contributed by atoms with van der Waals surface area (Å²) in [6.45, 7) is 5.67. The lowest BCUT2D eigenvalue weighted by Crippen LogP contribution is -2.32. The average Bonchev–Trinajstić information content (AvgIpc) is 2.60. The van der Waals surface area contributed by atoms with Crippen LogP contribution in [-0.2, 0) is 7.05 Å². The van der Waals surface area contributed by atoms with Crippen molar-refractivity contribution < 1.29 is 0 Å². The van der Waals surface area contributed by atoms with Gasteiger partial charge in [0.2, 0.25) is 0 Å². The van der Waals surface area contributed by atoms with Crippen molar-refractivity contribution in [2.45, 2.75) is 25.7 Å². The van der Waals surface area contributed by atoms with Gasteiger partial charge in [-0.2, -0.15) is 5.10 Å². The number of likely N-dealkylation sites (tertiary alicyclic amines) is 1. The molecule has 0 unspecified atom stereocenters. The number of rotatable bonds is 4. The van der Waals surface area contributed by atoms with Crippen molar-refractivity contribution in [3.05, 3.63) is 46.5 Å². The van der Waals surface area contributed by atoms with Crippen LogP contribution in [0.5, 0.6) is 0 Å². The fourth-order valence-corrected chi connectivity index (χ4v) is 3.04. The average molecular weight is 313 g/mol. The number of nitrogens with one attached hydrogen (secondary N) is 1. The number of pyridine rings is 1. The largest absolute Gasteiger partial charge is 0.336 e. The van der Waals surface area contributed by atoms with Crippen LogP contribution in [0.3, 0.4) is 0 Å². The summed E-state index contributed by atoms with van der Waals surface area (Å²) in [5.41, 5.74) is 1.61. The molecule has 1 saturated heterocycles. The van der Waals surface area contributed by atoms with Crippen molar-refractivity contribution in [3.63, 3.8) is 0 Å². The molecule has 1 aliphatic rings. The fourth-order valence-electron chi connectivity index (χ4n) is 3.04. The number of hydrogen-bond donors (Lipinski definition) is 1. The Morgan fingerprint density at radius 3 is 2.70 bits per heavy atom. The van der Waals surface area contributed by atoms with Gasteiger partial charge in [-0.1, -0.05) is 13.0 Å². The molecule has 122 valence electrons. The summed E-state index contributed by atoms with van der Waals surface area (Å²) in [5.74, 6) is 1.27. The minimum atomic E-state index is -0.162. The van der Waals surface area contributed by atoms with E-state index in [1.165, 1.54) is 23.1 Å². The molecule has 23 heavy (non-hydrogen) atoms. The Labute approximate surface area is 136 Å². The highest BCUT2D eigenvalue weighted by Crippen LogP contribution is 2.28. The van der Waals surface area contributed by atoms with Crippen LogP contribution in [-0.4, -0.2) is 39.3 Å². The maximum absolute atomic E-state index is 12.0. The van der Waals surface area contributed by atoms with E-state index in [2.05, 4.69) is 33.3 Å². The molecule has 1 fully saturated rings. The Morgan fingerprint density at radius 1 is 1.26 bits per heavy atom. The predicted octanol–water partition coefficient (Wildman–Crippen LogP) is 2.12. The molecule has 0 saturated carbocycles. The van der Waals surface area contributed by atoms with E-state index in [9.17, 15) is 4.79 Å². The maximum Gasteiger partial charge on any atom is 0.290 e. The first-order valence-electron chi connectivity index (χ1n) is 8.15. The minimum absolute atomic E-state index is 0.162.